The summed E-state index contributed by atoms with van der Waals surface area (Å²) in [4.78, 5) is 22.5. The Morgan fingerprint density at radius 2 is 2.19 bits per heavy atom. The second kappa shape index (κ2) is 10.9. The summed E-state index contributed by atoms with van der Waals surface area (Å²) in [5.74, 6) is -0.215. The van der Waals surface area contributed by atoms with Crippen molar-refractivity contribution >= 4 is 33.2 Å². The molecular formula is C25H32N4O6S2. The van der Waals surface area contributed by atoms with Gasteiger partial charge in [-0.05, 0) is 73.9 Å². The molecule has 0 spiro atoms. The minimum Gasteiger partial charge on any atom is -0.393 e. The van der Waals surface area contributed by atoms with Gasteiger partial charge in [0.1, 0.15) is 17.7 Å². The fraction of sp³-hybridized carbons (Fsp3) is 0.560. The van der Waals surface area contributed by atoms with Gasteiger partial charge in [0, 0.05) is 24.8 Å². The summed E-state index contributed by atoms with van der Waals surface area (Å²) in [7, 11) is -4.08. The van der Waals surface area contributed by atoms with E-state index in [1.807, 2.05) is 11.4 Å². The van der Waals surface area contributed by atoms with Crippen LogP contribution in [0.25, 0.3) is 0 Å². The summed E-state index contributed by atoms with van der Waals surface area (Å²) in [6.07, 6.45) is 11.6. The highest BCUT2D eigenvalue weighted by molar-refractivity contribution is 7.84. The van der Waals surface area contributed by atoms with Crippen molar-refractivity contribution in [1.82, 2.24) is 9.97 Å². The van der Waals surface area contributed by atoms with Gasteiger partial charge < -0.3 is 15.2 Å². The van der Waals surface area contributed by atoms with Crippen LogP contribution in [0, 0.1) is 5.92 Å². The maximum atomic E-state index is 13.6. The smallest absolute Gasteiger partial charge is 0.333 e. The lowest BCUT2D eigenvalue weighted by Crippen LogP contribution is -2.28. The molecule has 2 aromatic rings. The Balaban J connectivity index is 1.33. The van der Waals surface area contributed by atoms with E-state index in [4.69, 9.17) is 9.88 Å². The molecule has 37 heavy (non-hydrogen) atoms. The van der Waals surface area contributed by atoms with Gasteiger partial charge >= 0.3 is 10.3 Å². The summed E-state index contributed by atoms with van der Waals surface area (Å²) in [6, 6.07) is 1.72. The number of nitrogens with zero attached hydrogens (tertiary/aromatic N) is 2. The monoisotopic (exact) mass is 548 g/mol. The van der Waals surface area contributed by atoms with Crippen LogP contribution in [-0.2, 0) is 24.8 Å². The number of aliphatic hydroxyl groups is 1. The fourth-order valence-electron chi connectivity index (χ4n) is 5.70. The molecule has 4 N–H and O–H groups in total. The van der Waals surface area contributed by atoms with Crippen molar-refractivity contribution in [3.63, 3.8) is 0 Å². The van der Waals surface area contributed by atoms with Crippen LogP contribution in [0.5, 0.6) is 0 Å². The normalized spacial score (nSPS) is 28.3. The Labute approximate surface area is 220 Å². The van der Waals surface area contributed by atoms with Crippen molar-refractivity contribution in [2.75, 3.05) is 18.5 Å². The number of aliphatic hydroxyl groups excluding tert-OH is 1. The van der Waals surface area contributed by atoms with Crippen LogP contribution in [0.15, 0.2) is 35.6 Å². The number of thiophene rings is 1. The lowest BCUT2D eigenvalue weighted by atomic mass is 9.79. The zero-order chi connectivity index (χ0) is 26.0. The van der Waals surface area contributed by atoms with Crippen LogP contribution < -0.4 is 10.5 Å². The van der Waals surface area contributed by atoms with Gasteiger partial charge in [0.25, 0.3) is 0 Å². The molecule has 2 fully saturated rings. The lowest BCUT2D eigenvalue weighted by Gasteiger charge is -2.33. The molecule has 1 saturated heterocycles. The van der Waals surface area contributed by atoms with Crippen molar-refractivity contribution < 1.29 is 27.2 Å². The first-order chi connectivity index (χ1) is 17.7. The summed E-state index contributed by atoms with van der Waals surface area (Å²) < 4.78 is 33.2. The van der Waals surface area contributed by atoms with Crippen LogP contribution in [0.4, 0.5) is 5.82 Å². The number of allylic oxidation sites excluding steroid dienone is 1. The molecule has 5 rings (SSSR count). The van der Waals surface area contributed by atoms with E-state index in [1.54, 1.807) is 0 Å². The van der Waals surface area contributed by atoms with E-state index in [0.717, 1.165) is 37.7 Å². The number of nitrogens with two attached hydrogens (primary N) is 1. The van der Waals surface area contributed by atoms with Gasteiger partial charge in [-0.1, -0.05) is 6.08 Å². The van der Waals surface area contributed by atoms with E-state index in [9.17, 15) is 18.3 Å². The maximum absolute atomic E-state index is 13.6. The highest BCUT2D eigenvalue weighted by atomic mass is 32.2. The van der Waals surface area contributed by atoms with Crippen LogP contribution in [0.1, 0.15) is 72.2 Å². The van der Waals surface area contributed by atoms with E-state index in [0.29, 0.717) is 35.7 Å². The van der Waals surface area contributed by atoms with E-state index >= 15 is 0 Å². The second-order valence-electron chi connectivity index (χ2n) is 9.99. The van der Waals surface area contributed by atoms with E-state index < -0.39 is 27.9 Å². The molecule has 2 aliphatic carbocycles. The second-order valence-corrected chi connectivity index (χ2v) is 12.1. The Bertz CT molecular complexity index is 1270. The highest BCUT2D eigenvalue weighted by Crippen LogP contribution is 2.47. The summed E-state index contributed by atoms with van der Waals surface area (Å²) in [5.41, 5.74) is 2.28. The van der Waals surface area contributed by atoms with Gasteiger partial charge in [0.05, 0.1) is 23.2 Å². The first-order valence-corrected chi connectivity index (χ1v) is 15.0. The first-order valence-electron chi connectivity index (χ1n) is 12.6. The van der Waals surface area contributed by atoms with Gasteiger partial charge in [-0.15, -0.1) is 11.3 Å². The van der Waals surface area contributed by atoms with Crippen LogP contribution in [0.3, 0.4) is 0 Å². The number of rotatable bonds is 9. The number of carbonyl (C=O) groups excluding carboxylic acids is 1. The number of ether oxygens (including phenoxy) is 1. The summed E-state index contributed by atoms with van der Waals surface area (Å²) >= 11 is 1.40. The average Bonchev–Trinajstić information content (AvgIpc) is 3.63. The first kappa shape index (κ1) is 26.4. The van der Waals surface area contributed by atoms with Crippen LogP contribution in [0.2, 0.25) is 0 Å². The molecule has 0 amide bonds. The van der Waals surface area contributed by atoms with Gasteiger partial charge in [-0.2, -0.15) is 8.42 Å². The molecule has 4 atom stereocenters. The minimum absolute atomic E-state index is 0.183. The molecule has 0 radical (unpaired) electrons. The van der Waals surface area contributed by atoms with Crippen molar-refractivity contribution in [3.05, 3.63) is 51.6 Å². The largest absolute Gasteiger partial charge is 0.393 e. The Hall–Kier alpha value is -2.22. The molecule has 0 aromatic carbocycles. The van der Waals surface area contributed by atoms with Crippen LogP contribution in [-0.4, -0.2) is 54.6 Å². The zero-order valence-corrected chi connectivity index (χ0v) is 22.1. The molecule has 0 unspecified atom stereocenters. The predicted octanol–water partition coefficient (Wildman–Crippen LogP) is 3.05. The molecular weight excluding hydrogens is 516 g/mol. The van der Waals surface area contributed by atoms with Gasteiger partial charge in [0.2, 0.25) is 5.78 Å². The predicted molar refractivity (Wildman–Crippen MR) is 138 cm³/mol. The summed E-state index contributed by atoms with van der Waals surface area (Å²) in [6.45, 7) is 0.513. The number of nitrogens with one attached hydrogen (secondary N) is 1. The number of hydrogen-bond acceptors (Lipinski definition) is 10. The van der Waals surface area contributed by atoms with Crippen molar-refractivity contribution in [3.8, 4) is 0 Å². The molecule has 0 bridgehead atoms. The number of aromatic nitrogens is 2. The molecule has 1 aliphatic heterocycles. The molecule has 1 saturated carbocycles. The van der Waals surface area contributed by atoms with Crippen molar-refractivity contribution in [2.45, 2.75) is 69.1 Å². The Kier molecular flexibility index (Phi) is 7.75. The van der Waals surface area contributed by atoms with E-state index in [-0.39, 0.29) is 18.4 Å². The third-order valence-electron chi connectivity index (χ3n) is 7.52. The van der Waals surface area contributed by atoms with E-state index in [2.05, 4.69) is 25.5 Å². The lowest BCUT2D eigenvalue weighted by molar-refractivity contribution is 0.0285. The molecule has 3 heterocycles. The molecule has 10 nitrogen and oxygen atoms in total. The Morgan fingerprint density at radius 1 is 1.32 bits per heavy atom. The molecule has 200 valence electrons. The van der Waals surface area contributed by atoms with E-state index in [1.165, 1.54) is 35.9 Å². The molecule has 12 heteroatoms. The number of anilines is 1. The van der Waals surface area contributed by atoms with Gasteiger partial charge in [-0.25, -0.2) is 15.1 Å². The fourth-order valence-corrected chi connectivity index (χ4v) is 6.99. The number of hydrogen-bond donors (Lipinski definition) is 3. The van der Waals surface area contributed by atoms with Crippen molar-refractivity contribution in [1.29, 1.82) is 0 Å². The van der Waals surface area contributed by atoms with Crippen molar-refractivity contribution in [2.24, 2.45) is 11.1 Å². The maximum Gasteiger partial charge on any atom is 0.333 e. The number of carbonyl (C=O) groups is 1. The summed E-state index contributed by atoms with van der Waals surface area (Å²) in [5, 5.41) is 20.5. The number of ketones is 1. The third kappa shape index (κ3) is 5.79. The SMILES string of the molecule is NS(=O)(=O)OC[C@H]1C[C@@H](Nc2ncncc2C(=O)c2cc([C@@]3(C4=CCCCC4)CCCO3)cs2)C[C@@H]1O. The third-order valence-corrected chi connectivity index (χ3v) is 8.92. The minimum atomic E-state index is -4.08. The van der Waals surface area contributed by atoms with Gasteiger partial charge in [-0.3, -0.25) is 8.98 Å². The molecule has 2 aromatic heterocycles. The highest BCUT2D eigenvalue weighted by Gasteiger charge is 2.42. The van der Waals surface area contributed by atoms with Crippen LogP contribution >= 0.6 is 11.3 Å². The Morgan fingerprint density at radius 3 is 2.92 bits per heavy atom. The quantitative estimate of drug-likeness (QED) is 0.317. The van der Waals surface area contributed by atoms with Gasteiger partial charge in [0.15, 0.2) is 0 Å². The molecule has 3 aliphatic rings. The zero-order valence-electron chi connectivity index (χ0n) is 20.5. The topological polar surface area (TPSA) is 154 Å². The standard InChI is InChI=1S/C25H32N4O6S2/c26-37(32,33)35-13-16-9-19(11-21(16)30)29-24-20(12-27-15-28-24)23(31)22-10-18(14-36-22)25(7-4-8-34-25)17-5-2-1-3-6-17/h5,10,12,14-16,19,21,30H,1-4,6-9,11,13H2,(H2,26,32,33)(H,27,28,29)/t16-,19-,21+,25+/m1/s1. The average molecular weight is 549 g/mol.